The Bertz CT molecular complexity index is 190. The second kappa shape index (κ2) is 3.24. The molecule has 1 aliphatic carbocycles. The fraction of sp³-hybridized carbons (Fsp3) is 0.857. The van der Waals surface area contributed by atoms with Crippen molar-refractivity contribution in [3.8, 4) is 0 Å². The third kappa shape index (κ3) is 1.91. The maximum absolute atomic E-state index is 12.1. The fourth-order valence-corrected chi connectivity index (χ4v) is 1.71. The quantitative estimate of drug-likeness (QED) is 0.549. The van der Waals surface area contributed by atoms with Crippen molar-refractivity contribution < 1.29 is 18.0 Å². The van der Waals surface area contributed by atoms with Crippen LogP contribution in [0.1, 0.15) is 19.3 Å². The zero-order chi connectivity index (χ0) is 9.35. The molecule has 1 rings (SSSR count). The molecule has 70 valence electrons. The monoisotopic (exact) mass is 200 g/mol. The first kappa shape index (κ1) is 9.84. The molecule has 0 radical (unpaired) electrons. The summed E-state index contributed by atoms with van der Waals surface area (Å²) in [5.41, 5.74) is 0. The van der Waals surface area contributed by atoms with E-state index in [-0.39, 0.29) is 12.8 Å². The first-order chi connectivity index (χ1) is 5.43. The van der Waals surface area contributed by atoms with E-state index in [1.54, 1.807) is 0 Å². The van der Waals surface area contributed by atoms with Gasteiger partial charge in [-0.1, -0.05) is 0 Å². The Morgan fingerprint density at radius 1 is 1.42 bits per heavy atom. The maximum Gasteiger partial charge on any atom is 0.393 e. The van der Waals surface area contributed by atoms with Gasteiger partial charge in [0.2, 0.25) is 0 Å². The molecule has 0 aromatic heterocycles. The number of alkyl halides is 4. The summed E-state index contributed by atoms with van der Waals surface area (Å²) in [5.74, 6) is -2.12. The van der Waals surface area contributed by atoms with Crippen molar-refractivity contribution in [3.05, 3.63) is 0 Å². The van der Waals surface area contributed by atoms with Gasteiger partial charge in [-0.25, -0.2) is 0 Å². The molecule has 0 heterocycles. The van der Waals surface area contributed by atoms with Crippen LogP contribution in [0.25, 0.3) is 0 Å². The number of hydrogen-bond donors (Lipinski definition) is 0. The van der Waals surface area contributed by atoms with Gasteiger partial charge in [0, 0.05) is 6.42 Å². The summed E-state index contributed by atoms with van der Waals surface area (Å²) < 4.78 is 36.4. The van der Waals surface area contributed by atoms with Crippen LogP contribution in [-0.2, 0) is 4.79 Å². The summed E-state index contributed by atoms with van der Waals surface area (Å²) >= 11 is 5.35. The normalized spacial score (nSPS) is 32.2. The van der Waals surface area contributed by atoms with E-state index in [4.69, 9.17) is 11.6 Å². The van der Waals surface area contributed by atoms with Crippen LogP contribution in [-0.4, -0.2) is 17.3 Å². The molecule has 2 atom stereocenters. The van der Waals surface area contributed by atoms with Gasteiger partial charge in [-0.05, 0) is 12.8 Å². The molecule has 5 heteroatoms. The van der Waals surface area contributed by atoms with Crippen LogP contribution in [0, 0.1) is 5.92 Å². The summed E-state index contributed by atoms with van der Waals surface area (Å²) in [6.07, 6.45) is -3.88. The lowest BCUT2D eigenvalue weighted by Crippen LogP contribution is -2.38. The van der Waals surface area contributed by atoms with Crippen LogP contribution >= 0.6 is 11.6 Å². The van der Waals surface area contributed by atoms with Gasteiger partial charge in [0.25, 0.3) is 0 Å². The van der Waals surface area contributed by atoms with Crippen molar-refractivity contribution in [2.24, 2.45) is 5.92 Å². The van der Waals surface area contributed by atoms with E-state index in [9.17, 15) is 18.0 Å². The van der Waals surface area contributed by atoms with Crippen molar-refractivity contribution in [2.75, 3.05) is 0 Å². The van der Waals surface area contributed by atoms with Gasteiger partial charge in [-0.2, -0.15) is 13.2 Å². The van der Waals surface area contributed by atoms with Crippen LogP contribution < -0.4 is 0 Å². The molecule has 0 N–H and O–H groups in total. The van der Waals surface area contributed by atoms with Gasteiger partial charge in [0.05, 0.1) is 5.92 Å². The van der Waals surface area contributed by atoms with E-state index in [0.29, 0.717) is 6.42 Å². The van der Waals surface area contributed by atoms with E-state index in [2.05, 4.69) is 0 Å². The highest BCUT2D eigenvalue weighted by Crippen LogP contribution is 2.38. The molecule has 0 aromatic carbocycles. The average Bonchev–Trinajstić information content (AvgIpc) is 1.92. The van der Waals surface area contributed by atoms with Crippen LogP contribution in [0.15, 0.2) is 0 Å². The van der Waals surface area contributed by atoms with Crippen LogP contribution in [0.5, 0.6) is 0 Å². The average molecular weight is 201 g/mol. The predicted octanol–water partition coefficient (Wildman–Crippen LogP) is 2.53. The third-order valence-electron chi connectivity index (χ3n) is 2.02. The van der Waals surface area contributed by atoms with Gasteiger partial charge in [-0.3, -0.25) is 4.79 Å². The van der Waals surface area contributed by atoms with Gasteiger partial charge in [-0.15, -0.1) is 11.6 Å². The zero-order valence-corrected chi connectivity index (χ0v) is 6.95. The predicted molar refractivity (Wildman–Crippen MR) is 38.0 cm³/mol. The van der Waals surface area contributed by atoms with Crippen LogP contribution in [0.3, 0.4) is 0 Å². The molecule has 0 aliphatic heterocycles. The van der Waals surface area contributed by atoms with Gasteiger partial charge in [0.1, 0.15) is 5.38 Å². The zero-order valence-electron chi connectivity index (χ0n) is 6.20. The molecule has 1 fully saturated rings. The molecule has 0 spiro atoms. The Labute approximate surface area is 72.9 Å². The standard InChI is InChI=1S/C7H8ClF3O/c8-6-4(7(9,10)11)2-1-3-5(6)12/h4,6H,1-3H2. The molecule has 12 heavy (non-hydrogen) atoms. The van der Waals surface area contributed by atoms with Crippen molar-refractivity contribution in [1.82, 2.24) is 0 Å². The van der Waals surface area contributed by atoms with Gasteiger partial charge < -0.3 is 0 Å². The second-order valence-electron chi connectivity index (χ2n) is 2.91. The first-order valence-corrected chi connectivity index (χ1v) is 4.10. The summed E-state index contributed by atoms with van der Waals surface area (Å²) in [7, 11) is 0. The lowest BCUT2D eigenvalue weighted by Gasteiger charge is -2.27. The van der Waals surface area contributed by atoms with E-state index < -0.39 is 23.3 Å². The summed E-state index contributed by atoms with van der Waals surface area (Å²) in [5, 5.41) is -1.36. The highest BCUT2D eigenvalue weighted by Gasteiger charge is 2.47. The van der Waals surface area contributed by atoms with Crippen LogP contribution in [0.4, 0.5) is 13.2 Å². The minimum Gasteiger partial charge on any atom is -0.298 e. The molecular formula is C7H8ClF3O. The van der Waals surface area contributed by atoms with Gasteiger partial charge >= 0.3 is 6.18 Å². The maximum atomic E-state index is 12.1. The Morgan fingerprint density at radius 3 is 2.42 bits per heavy atom. The number of ketones is 1. The third-order valence-corrected chi connectivity index (χ3v) is 2.57. The van der Waals surface area contributed by atoms with Crippen molar-refractivity contribution >= 4 is 17.4 Å². The molecule has 1 saturated carbocycles. The lowest BCUT2D eigenvalue weighted by molar-refractivity contribution is -0.182. The number of hydrogen-bond acceptors (Lipinski definition) is 1. The van der Waals surface area contributed by atoms with E-state index in [1.165, 1.54) is 0 Å². The second-order valence-corrected chi connectivity index (χ2v) is 3.38. The van der Waals surface area contributed by atoms with Gasteiger partial charge in [0.15, 0.2) is 5.78 Å². The van der Waals surface area contributed by atoms with Crippen molar-refractivity contribution in [2.45, 2.75) is 30.8 Å². The molecular weight excluding hydrogens is 193 g/mol. The molecule has 0 saturated heterocycles. The number of carbonyl (C=O) groups excluding carboxylic acids is 1. The number of halogens is 4. The molecule has 1 aliphatic rings. The minimum absolute atomic E-state index is 0.0244. The van der Waals surface area contributed by atoms with E-state index in [0.717, 1.165) is 0 Å². The number of rotatable bonds is 0. The number of Topliss-reactive ketones (excluding diaryl/α,β-unsaturated/α-hetero) is 1. The van der Waals surface area contributed by atoms with Crippen molar-refractivity contribution in [3.63, 3.8) is 0 Å². The Morgan fingerprint density at radius 2 is 2.00 bits per heavy atom. The smallest absolute Gasteiger partial charge is 0.298 e. The Hall–Kier alpha value is -0.250. The fourth-order valence-electron chi connectivity index (χ4n) is 1.33. The van der Waals surface area contributed by atoms with E-state index in [1.807, 2.05) is 0 Å². The summed E-state index contributed by atoms with van der Waals surface area (Å²) in [4.78, 5) is 10.8. The lowest BCUT2D eigenvalue weighted by atomic mass is 9.87. The topological polar surface area (TPSA) is 17.1 Å². The molecule has 0 aromatic rings. The largest absolute Gasteiger partial charge is 0.393 e. The summed E-state index contributed by atoms with van der Waals surface area (Å²) in [6.45, 7) is 0. The SMILES string of the molecule is O=C1CCCC(C(F)(F)F)C1Cl. The van der Waals surface area contributed by atoms with Crippen molar-refractivity contribution in [1.29, 1.82) is 0 Å². The van der Waals surface area contributed by atoms with E-state index >= 15 is 0 Å². The summed E-state index contributed by atoms with van der Waals surface area (Å²) in [6, 6.07) is 0. The minimum atomic E-state index is -4.33. The highest BCUT2D eigenvalue weighted by molar-refractivity contribution is 6.31. The Kier molecular flexibility index (Phi) is 2.66. The molecule has 0 amide bonds. The molecule has 0 bridgehead atoms. The Balaban J connectivity index is 2.70. The highest BCUT2D eigenvalue weighted by atomic mass is 35.5. The number of carbonyl (C=O) groups is 1. The van der Waals surface area contributed by atoms with Crippen LogP contribution in [0.2, 0.25) is 0 Å². The molecule has 2 unspecified atom stereocenters. The molecule has 1 nitrogen and oxygen atoms in total. The first-order valence-electron chi connectivity index (χ1n) is 3.66.